The molecule has 0 fully saturated rings. The van der Waals surface area contributed by atoms with E-state index < -0.39 is 0 Å². The van der Waals surface area contributed by atoms with Gasteiger partial charge in [-0.2, -0.15) is 0 Å². The zero-order valence-electron chi connectivity index (χ0n) is 21.9. The normalized spacial score (nSPS) is 10.6. The molecule has 0 radical (unpaired) electrons. The first kappa shape index (κ1) is 27.7. The average molecular weight is 543 g/mol. The second kappa shape index (κ2) is 13.4. The number of hydrogen-bond acceptors (Lipinski definition) is 7. The van der Waals surface area contributed by atoms with Crippen LogP contribution in [0.1, 0.15) is 19.8 Å². The number of nitrogens with zero attached hydrogens (tertiary/aromatic N) is 3. The number of fused-ring (bicyclic) bond motifs is 1. The number of carbonyl (C=O) groups excluding carboxylic acids is 2. The molecule has 39 heavy (non-hydrogen) atoms. The van der Waals surface area contributed by atoms with Crippen molar-refractivity contribution in [2.75, 3.05) is 31.7 Å². The molecule has 9 heteroatoms. The number of ether oxygens (including phenoxy) is 2. The first-order valence-electron chi connectivity index (χ1n) is 12.7. The number of aldehydes is 1. The lowest BCUT2D eigenvalue weighted by Crippen LogP contribution is -2.38. The molecular weight excluding hydrogens is 512 g/mol. The van der Waals surface area contributed by atoms with Crippen molar-refractivity contribution in [3.63, 3.8) is 0 Å². The molecule has 0 amide bonds. The quantitative estimate of drug-likeness (QED) is 0.119. The van der Waals surface area contributed by atoms with Crippen LogP contribution in [-0.4, -0.2) is 54.1 Å². The molecule has 0 saturated carbocycles. The standard InChI is InChI=1S/C30H30N4O4S/c1-3-37-29(36)5-4-18-38-24-12-10-22(11-13-24)21-6-8-23(9-7-21)27-19-28(34(2)30(39)32-16-17-35)25-20-31-15-14-26(25)33-27/h6-15,17,19-20H,3-5,16,18H2,1-2H3,(H,32,39). The van der Waals surface area contributed by atoms with E-state index in [0.29, 0.717) is 31.2 Å². The van der Waals surface area contributed by atoms with Crippen LogP contribution in [0.3, 0.4) is 0 Å². The smallest absolute Gasteiger partial charge is 0.305 e. The summed E-state index contributed by atoms with van der Waals surface area (Å²) < 4.78 is 10.7. The first-order valence-corrected chi connectivity index (χ1v) is 13.1. The monoisotopic (exact) mass is 542 g/mol. The van der Waals surface area contributed by atoms with Gasteiger partial charge in [-0.1, -0.05) is 36.4 Å². The van der Waals surface area contributed by atoms with Gasteiger partial charge < -0.3 is 24.5 Å². The van der Waals surface area contributed by atoms with Crippen molar-refractivity contribution in [2.24, 2.45) is 0 Å². The maximum absolute atomic E-state index is 11.4. The van der Waals surface area contributed by atoms with Crippen LogP contribution in [0, 0.1) is 0 Å². The number of benzene rings is 2. The molecule has 0 atom stereocenters. The lowest BCUT2D eigenvalue weighted by Gasteiger charge is -2.22. The van der Waals surface area contributed by atoms with E-state index in [1.807, 2.05) is 60.5 Å². The molecule has 0 aliphatic heterocycles. The topological polar surface area (TPSA) is 93.7 Å². The summed E-state index contributed by atoms with van der Waals surface area (Å²) >= 11 is 5.46. The van der Waals surface area contributed by atoms with Crippen LogP contribution in [-0.2, 0) is 14.3 Å². The summed E-state index contributed by atoms with van der Waals surface area (Å²) in [5, 5.41) is 4.22. The molecule has 0 saturated heterocycles. The Morgan fingerprint density at radius 1 is 1.05 bits per heavy atom. The van der Waals surface area contributed by atoms with Crippen LogP contribution >= 0.6 is 12.2 Å². The fourth-order valence-corrected chi connectivity index (χ4v) is 4.23. The van der Waals surface area contributed by atoms with E-state index in [9.17, 15) is 9.59 Å². The summed E-state index contributed by atoms with van der Waals surface area (Å²) in [6.45, 7) is 2.79. The van der Waals surface area contributed by atoms with Crippen molar-refractivity contribution in [1.82, 2.24) is 15.3 Å². The van der Waals surface area contributed by atoms with E-state index in [-0.39, 0.29) is 12.5 Å². The number of esters is 1. The summed E-state index contributed by atoms with van der Waals surface area (Å²) in [7, 11) is 1.85. The minimum atomic E-state index is -0.200. The number of hydrogen-bond donors (Lipinski definition) is 1. The molecular formula is C30H30N4O4S. The Morgan fingerprint density at radius 2 is 1.74 bits per heavy atom. The Hall–Kier alpha value is -4.37. The third-order valence-corrected chi connectivity index (χ3v) is 6.48. The van der Waals surface area contributed by atoms with E-state index in [1.165, 1.54) is 0 Å². The number of rotatable bonds is 11. The summed E-state index contributed by atoms with van der Waals surface area (Å²) in [4.78, 5) is 33.1. The lowest BCUT2D eigenvalue weighted by atomic mass is 10.0. The van der Waals surface area contributed by atoms with E-state index in [0.717, 1.165) is 51.0 Å². The predicted molar refractivity (Wildman–Crippen MR) is 157 cm³/mol. The van der Waals surface area contributed by atoms with Crippen LogP contribution in [0.25, 0.3) is 33.3 Å². The SMILES string of the molecule is CCOC(=O)CCCOc1ccc(-c2ccc(-c3cc(N(C)C(=S)NCC=O)c4cnccc4n3)cc2)cc1. The molecule has 0 aliphatic rings. The third-order valence-electron chi connectivity index (χ3n) is 6.06. The second-order valence-corrected chi connectivity index (χ2v) is 9.08. The van der Waals surface area contributed by atoms with Crippen molar-refractivity contribution in [3.8, 4) is 28.1 Å². The highest BCUT2D eigenvalue weighted by Gasteiger charge is 2.14. The molecule has 0 bridgehead atoms. The van der Waals surface area contributed by atoms with Gasteiger partial charge in [-0.05, 0) is 61.0 Å². The maximum atomic E-state index is 11.4. The molecule has 1 N–H and O–H groups in total. The van der Waals surface area contributed by atoms with Gasteiger partial charge >= 0.3 is 5.97 Å². The molecule has 4 aromatic rings. The Labute approximate surface area is 233 Å². The Morgan fingerprint density at radius 3 is 2.44 bits per heavy atom. The molecule has 2 aromatic heterocycles. The van der Waals surface area contributed by atoms with Gasteiger partial charge in [0.05, 0.1) is 36.7 Å². The second-order valence-electron chi connectivity index (χ2n) is 8.69. The number of anilines is 1. The molecule has 0 aliphatic carbocycles. The van der Waals surface area contributed by atoms with Gasteiger partial charge in [0.25, 0.3) is 0 Å². The van der Waals surface area contributed by atoms with Crippen molar-refractivity contribution < 1.29 is 19.1 Å². The summed E-state index contributed by atoms with van der Waals surface area (Å²) in [5.41, 5.74) is 5.52. The van der Waals surface area contributed by atoms with Crippen LogP contribution < -0.4 is 15.0 Å². The highest BCUT2D eigenvalue weighted by molar-refractivity contribution is 7.80. The molecule has 200 valence electrons. The molecule has 0 spiro atoms. The molecule has 2 heterocycles. The molecule has 4 rings (SSSR count). The zero-order valence-corrected chi connectivity index (χ0v) is 22.7. The van der Waals surface area contributed by atoms with Crippen LogP contribution in [0.4, 0.5) is 5.69 Å². The molecule has 2 aromatic carbocycles. The number of pyridine rings is 2. The summed E-state index contributed by atoms with van der Waals surface area (Å²) in [5.74, 6) is 0.556. The number of nitrogens with one attached hydrogen (secondary N) is 1. The third kappa shape index (κ3) is 7.14. The molecule has 0 unspecified atom stereocenters. The Kier molecular flexibility index (Phi) is 9.53. The van der Waals surface area contributed by atoms with Gasteiger partial charge in [0.2, 0.25) is 0 Å². The Bertz CT molecular complexity index is 1440. The zero-order chi connectivity index (χ0) is 27.6. The fraction of sp³-hybridized carbons (Fsp3) is 0.233. The summed E-state index contributed by atoms with van der Waals surface area (Å²) in [6, 6.07) is 19.9. The van der Waals surface area contributed by atoms with Gasteiger partial charge in [-0.3, -0.25) is 9.78 Å². The number of thiocarbonyl (C=S) groups is 1. The van der Waals surface area contributed by atoms with E-state index in [4.69, 9.17) is 26.7 Å². The van der Waals surface area contributed by atoms with Crippen LogP contribution in [0.5, 0.6) is 5.75 Å². The number of aromatic nitrogens is 2. The average Bonchev–Trinajstić information content (AvgIpc) is 2.97. The van der Waals surface area contributed by atoms with E-state index >= 15 is 0 Å². The predicted octanol–water partition coefficient (Wildman–Crippen LogP) is 5.20. The van der Waals surface area contributed by atoms with Crippen molar-refractivity contribution >= 4 is 46.2 Å². The first-order chi connectivity index (χ1) is 19.0. The maximum Gasteiger partial charge on any atom is 0.305 e. The van der Waals surface area contributed by atoms with E-state index in [2.05, 4.69) is 22.4 Å². The van der Waals surface area contributed by atoms with Crippen molar-refractivity contribution in [3.05, 3.63) is 73.1 Å². The minimum Gasteiger partial charge on any atom is -0.494 e. The van der Waals surface area contributed by atoms with Gasteiger partial charge in [0.1, 0.15) is 12.0 Å². The van der Waals surface area contributed by atoms with Gasteiger partial charge in [-0.25, -0.2) is 4.98 Å². The van der Waals surface area contributed by atoms with Gasteiger partial charge in [0, 0.05) is 36.8 Å². The van der Waals surface area contributed by atoms with Crippen molar-refractivity contribution in [1.29, 1.82) is 0 Å². The van der Waals surface area contributed by atoms with Gasteiger partial charge in [0.15, 0.2) is 5.11 Å². The Balaban J connectivity index is 1.48. The minimum absolute atomic E-state index is 0.140. The largest absolute Gasteiger partial charge is 0.494 e. The van der Waals surface area contributed by atoms with E-state index in [1.54, 1.807) is 19.3 Å². The highest BCUT2D eigenvalue weighted by Crippen LogP contribution is 2.31. The van der Waals surface area contributed by atoms with Crippen LogP contribution in [0.15, 0.2) is 73.1 Å². The fourth-order valence-electron chi connectivity index (χ4n) is 4.05. The lowest BCUT2D eigenvalue weighted by molar-refractivity contribution is -0.143. The van der Waals surface area contributed by atoms with Crippen LogP contribution in [0.2, 0.25) is 0 Å². The van der Waals surface area contributed by atoms with Crippen molar-refractivity contribution in [2.45, 2.75) is 19.8 Å². The highest BCUT2D eigenvalue weighted by atomic mass is 32.1. The summed E-state index contributed by atoms with van der Waals surface area (Å²) in [6.07, 6.45) is 5.21. The number of carbonyl (C=O) groups is 2. The van der Waals surface area contributed by atoms with Gasteiger partial charge in [-0.15, -0.1) is 0 Å². The molecule has 8 nitrogen and oxygen atoms in total.